The second kappa shape index (κ2) is 11.6. The summed E-state index contributed by atoms with van der Waals surface area (Å²) in [5.74, 6) is -0.198. The van der Waals surface area contributed by atoms with Gasteiger partial charge >= 0.3 is 12.1 Å². The van der Waals surface area contributed by atoms with Crippen molar-refractivity contribution in [1.82, 2.24) is 5.32 Å². The Labute approximate surface area is 156 Å². The van der Waals surface area contributed by atoms with Gasteiger partial charge in [-0.15, -0.1) is 0 Å². The number of unbranched alkanes of at least 4 members (excludes halogenated alkanes) is 2. The average Bonchev–Trinajstić information content (AvgIpc) is 2.69. The molecule has 2 rings (SSSR count). The maximum Gasteiger partial charge on any atom is 0.408 e. The zero-order valence-corrected chi connectivity index (χ0v) is 15.7. The van der Waals surface area contributed by atoms with E-state index in [2.05, 4.69) is 12.2 Å². The number of nitrogens with one attached hydrogen (secondary N) is 1. The molecule has 0 spiro atoms. The minimum absolute atomic E-state index is 0.131. The fraction of sp³-hybridized carbons (Fsp3) is 0.619. The van der Waals surface area contributed by atoms with Gasteiger partial charge in [0, 0.05) is 0 Å². The summed E-state index contributed by atoms with van der Waals surface area (Å²) < 4.78 is 10.7. The maximum atomic E-state index is 12.5. The Kier molecular flexibility index (Phi) is 9.01. The number of ether oxygens (including phenoxy) is 2. The van der Waals surface area contributed by atoms with E-state index in [1.165, 1.54) is 6.42 Å². The number of esters is 1. The van der Waals surface area contributed by atoms with Crippen LogP contribution in [0.15, 0.2) is 30.3 Å². The van der Waals surface area contributed by atoms with Gasteiger partial charge in [-0.2, -0.15) is 0 Å². The van der Waals surface area contributed by atoms with Crippen molar-refractivity contribution in [2.75, 3.05) is 6.61 Å². The Hall–Kier alpha value is -2.04. The Morgan fingerprint density at radius 2 is 1.81 bits per heavy atom. The van der Waals surface area contributed by atoms with E-state index in [1.807, 2.05) is 30.3 Å². The highest BCUT2D eigenvalue weighted by atomic mass is 16.6. The number of alkyl carbamates (subject to hydrolysis) is 1. The monoisotopic (exact) mass is 361 g/mol. The topological polar surface area (TPSA) is 64.6 Å². The molecular weight excluding hydrogens is 330 g/mol. The summed E-state index contributed by atoms with van der Waals surface area (Å²) in [5, 5.41) is 2.76. The Balaban J connectivity index is 1.87. The van der Waals surface area contributed by atoms with E-state index in [-0.39, 0.29) is 18.5 Å². The van der Waals surface area contributed by atoms with Crippen LogP contribution in [0.5, 0.6) is 0 Å². The zero-order valence-electron chi connectivity index (χ0n) is 15.7. The van der Waals surface area contributed by atoms with E-state index in [9.17, 15) is 9.59 Å². The van der Waals surface area contributed by atoms with Crippen molar-refractivity contribution >= 4 is 12.1 Å². The quantitative estimate of drug-likeness (QED) is 0.516. The van der Waals surface area contributed by atoms with Crippen LogP contribution in [0.4, 0.5) is 4.79 Å². The standard InChI is InChI=1S/C21H31NO4/c1-2-3-10-15-25-20(23)19(18-13-8-5-9-14-18)22-21(24)26-16-17-11-6-4-7-12-17/h4,6-7,11-12,18-19H,2-3,5,8-10,13-16H2,1H3,(H,22,24). The van der Waals surface area contributed by atoms with Crippen molar-refractivity contribution in [2.45, 2.75) is 70.9 Å². The van der Waals surface area contributed by atoms with Crippen LogP contribution in [0.25, 0.3) is 0 Å². The molecule has 0 radical (unpaired) electrons. The van der Waals surface area contributed by atoms with Crippen molar-refractivity contribution in [3.8, 4) is 0 Å². The Morgan fingerprint density at radius 3 is 2.50 bits per heavy atom. The lowest BCUT2D eigenvalue weighted by molar-refractivity contribution is -0.148. The lowest BCUT2D eigenvalue weighted by Gasteiger charge is -2.29. The molecule has 1 aromatic carbocycles. The number of carbonyl (C=O) groups excluding carboxylic acids is 2. The van der Waals surface area contributed by atoms with Crippen molar-refractivity contribution in [1.29, 1.82) is 0 Å². The second-order valence-corrected chi connectivity index (χ2v) is 6.96. The molecule has 5 heteroatoms. The summed E-state index contributed by atoms with van der Waals surface area (Å²) in [6, 6.07) is 8.89. The summed E-state index contributed by atoms with van der Waals surface area (Å²) >= 11 is 0. The van der Waals surface area contributed by atoms with Crippen LogP contribution in [0.1, 0.15) is 63.9 Å². The molecule has 1 aromatic rings. The van der Waals surface area contributed by atoms with E-state index >= 15 is 0 Å². The van der Waals surface area contributed by atoms with Gasteiger partial charge in [0.15, 0.2) is 0 Å². The molecular formula is C21H31NO4. The zero-order chi connectivity index (χ0) is 18.6. The molecule has 1 aliphatic rings. The fourth-order valence-corrected chi connectivity index (χ4v) is 3.34. The molecule has 0 aliphatic heterocycles. The molecule has 1 atom stereocenters. The van der Waals surface area contributed by atoms with Crippen LogP contribution in [-0.4, -0.2) is 24.7 Å². The van der Waals surface area contributed by atoms with Gasteiger partial charge in [0.25, 0.3) is 0 Å². The number of benzene rings is 1. The summed E-state index contributed by atoms with van der Waals surface area (Å²) in [6.45, 7) is 2.71. The number of amides is 1. The first-order valence-corrected chi connectivity index (χ1v) is 9.84. The van der Waals surface area contributed by atoms with Crippen LogP contribution in [-0.2, 0) is 20.9 Å². The van der Waals surface area contributed by atoms with Gasteiger partial charge in [-0.05, 0) is 30.7 Å². The van der Waals surface area contributed by atoms with Crippen molar-refractivity contribution in [3.63, 3.8) is 0 Å². The van der Waals surface area contributed by atoms with E-state index in [0.717, 1.165) is 50.5 Å². The SMILES string of the molecule is CCCCCOC(=O)C(NC(=O)OCc1ccccc1)C1CCCCC1. The van der Waals surface area contributed by atoms with Crippen LogP contribution < -0.4 is 5.32 Å². The third-order valence-electron chi connectivity index (χ3n) is 4.85. The fourth-order valence-electron chi connectivity index (χ4n) is 3.34. The minimum Gasteiger partial charge on any atom is -0.464 e. The molecule has 1 aliphatic carbocycles. The smallest absolute Gasteiger partial charge is 0.408 e. The summed E-state index contributed by atoms with van der Waals surface area (Å²) in [5.41, 5.74) is 0.916. The van der Waals surface area contributed by atoms with Gasteiger partial charge in [0.05, 0.1) is 6.61 Å². The molecule has 26 heavy (non-hydrogen) atoms. The molecule has 1 fully saturated rings. The molecule has 0 bridgehead atoms. The molecule has 1 N–H and O–H groups in total. The van der Waals surface area contributed by atoms with E-state index < -0.39 is 12.1 Å². The number of rotatable bonds is 9. The minimum atomic E-state index is -0.611. The van der Waals surface area contributed by atoms with Crippen molar-refractivity contribution in [2.24, 2.45) is 5.92 Å². The van der Waals surface area contributed by atoms with E-state index in [4.69, 9.17) is 9.47 Å². The number of carbonyl (C=O) groups is 2. The summed E-state index contributed by atoms with van der Waals surface area (Å²) in [4.78, 5) is 24.7. The van der Waals surface area contributed by atoms with E-state index in [0.29, 0.717) is 6.61 Å². The average molecular weight is 361 g/mol. The highest BCUT2D eigenvalue weighted by molar-refractivity contribution is 5.81. The largest absolute Gasteiger partial charge is 0.464 e. The van der Waals surface area contributed by atoms with Crippen molar-refractivity contribution < 1.29 is 19.1 Å². The van der Waals surface area contributed by atoms with Gasteiger partial charge in [0.2, 0.25) is 0 Å². The highest BCUT2D eigenvalue weighted by Crippen LogP contribution is 2.27. The molecule has 1 amide bonds. The molecule has 0 aromatic heterocycles. The first-order valence-electron chi connectivity index (χ1n) is 9.84. The van der Waals surface area contributed by atoms with Gasteiger partial charge in [-0.25, -0.2) is 9.59 Å². The highest BCUT2D eigenvalue weighted by Gasteiger charge is 2.32. The predicted molar refractivity (Wildman–Crippen MR) is 101 cm³/mol. The Bertz CT molecular complexity index is 540. The molecule has 1 unspecified atom stereocenters. The van der Waals surface area contributed by atoms with E-state index in [1.54, 1.807) is 0 Å². The van der Waals surface area contributed by atoms with Crippen LogP contribution in [0.3, 0.4) is 0 Å². The molecule has 1 saturated carbocycles. The number of hydrogen-bond donors (Lipinski definition) is 1. The molecule has 5 nitrogen and oxygen atoms in total. The second-order valence-electron chi connectivity index (χ2n) is 6.96. The molecule has 144 valence electrons. The third kappa shape index (κ3) is 7.06. The number of hydrogen-bond acceptors (Lipinski definition) is 4. The lowest BCUT2D eigenvalue weighted by atomic mass is 9.84. The predicted octanol–water partition coefficient (Wildman–Crippen LogP) is 4.60. The van der Waals surface area contributed by atoms with Gasteiger partial charge in [-0.1, -0.05) is 69.4 Å². The summed E-state index contributed by atoms with van der Waals surface area (Å²) in [6.07, 6.45) is 7.65. The van der Waals surface area contributed by atoms with Crippen LogP contribution >= 0.6 is 0 Å². The van der Waals surface area contributed by atoms with Crippen molar-refractivity contribution in [3.05, 3.63) is 35.9 Å². The lowest BCUT2D eigenvalue weighted by Crippen LogP contribution is -2.47. The Morgan fingerprint density at radius 1 is 1.08 bits per heavy atom. The van der Waals surface area contributed by atoms with Gasteiger partial charge in [0.1, 0.15) is 12.6 Å². The van der Waals surface area contributed by atoms with Crippen LogP contribution in [0.2, 0.25) is 0 Å². The van der Waals surface area contributed by atoms with Crippen LogP contribution in [0, 0.1) is 5.92 Å². The van der Waals surface area contributed by atoms with Gasteiger partial charge < -0.3 is 14.8 Å². The first-order chi connectivity index (χ1) is 12.7. The third-order valence-corrected chi connectivity index (χ3v) is 4.85. The maximum absolute atomic E-state index is 12.5. The molecule has 0 heterocycles. The normalized spacial score (nSPS) is 15.9. The van der Waals surface area contributed by atoms with Gasteiger partial charge in [-0.3, -0.25) is 0 Å². The summed E-state index contributed by atoms with van der Waals surface area (Å²) in [7, 11) is 0. The molecule has 0 saturated heterocycles. The first kappa shape index (κ1) is 20.3.